The fourth-order valence-corrected chi connectivity index (χ4v) is 4.89. The highest BCUT2D eigenvalue weighted by Gasteiger charge is 2.35. The van der Waals surface area contributed by atoms with Gasteiger partial charge in [-0.25, -0.2) is 0 Å². The first-order chi connectivity index (χ1) is 14.9. The van der Waals surface area contributed by atoms with Gasteiger partial charge in [-0.1, -0.05) is 83.5 Å². The molecule has 32 heavy (non-hydrogen) atoms. The smallest absolute Gasteiger partial charge is 0.137 e. The van der Waals surface area contributed by atoms with Gasteiger partial charge in [-0.2, -0.15) is 0 Å². The monoisotopic (exact) mass is 438 g/mol. The molecule has 0 aliphatic carbocycles. The molecule has 0 saturated carbocycles. The minimum atomic E-state index is -0.478. The zero-order valence-corrected chi connectivity index (χ0v) is 21.4. The van der Waals surface area contributed by atoms with Gasteiger partial charge in [0, 0.05) is 18.4 Å². The first-order valence-electron chi connectivity index (χ1n) is 12.2. The molecule has 3 rings (SSSR count). The molecule has 1 aliphatic rings. The van der Waals surface area contributed by atoms with Gasteiger partial charge in [-0.15, -0.1) is 0 Å². The van der Waals surface area contributed by atoms with Crippen molar-refractivity contribution in [2.24, 2.45) is 0 Å². The number of aliphatic hydroxyl groups is 1. The number of hydrogen-bond acceptors (Lipinski definition) is 2. The summed E-state index contributed by atoms with van der Waals surface area (Å²) < 4.78 is 7.22. The summed E-state index contributed by atoms with van der Waals surface area (Å²) in [6.45, 7) is 19.9. The van der Waals surface area contributed by atoms with Gasteiger partial charge in [0.15, 0.2) is 0 Å². The van der Waals surface area contributed by atoms with Gasteiger partial charge in [-0.05, 0) is 34.9 Å². The number of quaternary nitrogens is 1. The number of likely N-dealkylation sites (tertiary alicyclic amines) is 1. The number of hydrogen-bond donors (Lipinski definition) is 1. The van der Waals surface area contributed by atoms with E-state index in [9.17, 15) is 5.11 Å². The summed E-state index contributed by atoms with van der Waals surface area (Å²) in [5.41, 5.74) is 5.26. The predicted octanol–water partition coefficient (Wildman–Crippen LogP) is 6.14. The largest absolute Gasteiger partial charge is 0.490 e. The van der Waals surface area contributed by atoms with E-state index in [0.717, 1.165) is 36.4 Å². The predicted molar refractivity (Wildman–Crippen MR) is 134 cm³/mol. The normalized spacial score (nSPS) is 17.4. The fraction of sp³-hybridized carbons (Fsp3) is 0.586. The number of nitrogens with zero attached hydrogens (tertiary/aromatic N) is 1. The van der Waals surface area contributed by atoms with Gasteiger partial charge in [0.05, 0.1) is 13.1 Å². The van der Waals surface area contributed by atoms with Gasteiger partial charge in [-0.3, -0.25) is 0 Å². The van der Waals surface area contributed by atoms with Crippen molar-refractivity contribution in [1.29, 1.82) is 0 Å². The molecule has 2 aromatic rings. The second-order valence-corrected chi connectivity index (χ2v) is 12.0. The molecule has 176 valence electrons. The Morgan fingerprint density at radius 2 is 1.53 bits per heavy atom. The van der Waals surface area contributed by atoms with E-state index in [-0.39, 0.29) is 10.8 Å². The quantitative estimate of drug-likeness (QED) is 0.526. The van der Waals surface area contributed by atoms with E-state index in [1.807, 2.05) is 0 Å². The third-order valence-electron chi connectivity index (χ3n) is 6.84. The second kappa shape index (κ2) is 9.57. The molecule has 1 N–H and O–H groups in total. The Kier molecular flexibility index (Phi) is 7.41. The van der Waals surface area contributed by atoms with E-state index in [1.54, 1.807) is 0 Å². The summed E-state index contributed by atoms with van der Waals surface area (Å²) in [7, 11) is 0. The van der Waals surface area contributed by atoms with Crippen LogP contribution in [0.3, 0.4) is 0 Å². The fourth-order valence-electron chi connectivity index (χ4n) is 4.89. The minimum absolute atomic E-state index is 0.0181. The van der Waals surface area contributed by atoms with Gasteiger partial charge in [0.2, 0.25) is 0 Å². The lowest BCUT2D eigenvalue weighted by atomic mass is 9.80. The zero-order chi connectivity index (χ0) is 23.6. The first kappa shape index (κ1) is 24.8. The molecule has 1 fully saturated rings. The Balaban J connectivity index is 1.70. The van der Waals surface area contributed by atoms with Crippen LogP contribution in [0.2, 0.25) is 0 Å². The van der Waals surface area contributed by atoms with Crippen molar-refractivity contribution in [2.75, 3.05) is 26.2 Å². The van der Waals surface area contributed by atoms with E-state index in [1.165, 1.54) is 35.1 Å². The highest BCUT2D eigenvalue weighted by atomic mass is 16.5. The number of benzene rings is 2. The Morgan fingerprint density at radius 3 is 2.09 bits per heavy atom. The van der Waals surface area contributed by atoms with Crippen molar-refractivity contribution in [3.63, 3.8) is 0 Å². The number of ether oxygens (including phenoxy) is 1. The molecule has 0 aromatic heterocycles. The number of aryl methyl sites for hydroxylation is 1. The van der Waals surface area contributed by atoms with E-state index in [0.29, 0.717) is 6.61 Å². The average molecular weight is 439 g/mol. The number of rotatable bonds is 7. The standard InChI is InChI=1S/C29H44NO2/c1-22-10-12-23(13-11-22)19-30(16-8-9-17-30)20-25(31)21-32-27-15-14-24(28(2,3)4)18-26(27)29(5,6)7/h10-15,18,25,31H,8-9,16-17,19-21H2,1-7H3/q+1/t25-/m0/s1. The zero-order valence-electron chi connectivity index (χ0n) is 21.4. The highest BCUT2D eigenvalue weighted by molar-refractivity contribution is 5.43. The maximum Gasteiger partial charge on any atom is 0.137 e. The van der Waals surface area contributed by atoms with Crippen LogP contribution < -0.4 is 4.74 Å². The molecule has 1 heterocycles. The third kappa shape index (κ3) is 6.36. The maximum atomic E-state index is 11.0. The lowest BCUT2D eigenvalue weighted by molar-refractivity contribution is -0.932. The summed E-state index contributed by atoms with van der Waals surface area (Å²) in [6.07, 6.45) is 2.00. The van der Waals surface area contributed by atoms with Crippen LogP contribution in [0.25, 0.3) is 0 Å². The molecule has 3 nitrogen and oxygen atoms in total. The molecular formula is C29H44NO2+. The summed E-state index contributed by atoms with van der Waals surface area (Å²) in [5.74, 6) is 0.899. The van der Waals surface area contributed by atoms with Crippen LogP contribution in [0.5, 0.6) is 5.75 Å². The summed E-state index contributed by atoms with van der Waals surface area (Å²) in [4.78, 5) is 0. The molecule has 3 heteroatoms. The average Bonchev–Trinajstić information content (AvgIpc) is 3.14. The van der Waals surface area contributed by atoms with Crippen molar-refractivity contribution < 1.29 is 14.3 Å². The van der Waals surface area contributed by atoms with Gasteiger partial charge in [0.25, 0.3) is 0 Å². The lowest BCUT2D eigenvalue weighted by Gasteiger charge is -2.36. The van der Waals surface area contributed by atoms with Crippen LogP contribution in [0.1, 0.15) is 76.6 Å². The molecule has 1 aliphatic heterocycles. The number of aliphatic hydroxyl groups excluding tert-OH is 1. The van der Waals surface area contributed by atoms with Crippen molar-refractivity contribution in [3.8, 4) is 5.75 Å². The molecular weight excluding hydrogens is 394 g/mol. The van der Waals surface area contributed by atoms with Crippen LogP contribution in [0, 0.1) is 6.92 Å². The van der Waals surface area contributed by atoms with Crippen LogP contribution in [-0.2, 0) is 17.4 Å². The first-order valence-corrected chi connectivity index (χ1v) is 12.2. The van der Waals surface area contributed by atoms with Gasteiger partial charge in [0.1, 0.15) is 31.5 Å². The SMILES string of the molecule is Cc1ccc(C[N+]2(C[C@H](O)COc3ccc(C(C)(C)C)cc3C(C)(C)C)CCCC2)cc1. The van der Waals surface area contributed by atoms with Crippen molar-refractivity contribution in [2.45, 2.75) is 84.8 Å². The van der Waals surface area contributed by atoms with Crippen LogP contribution >= 0.6 is 0 Å². The highest BCUT2D eigenvalue weighted by Crippen LogP contribution is 2.35. The molecule has 0 spiro atoms. The molecule has 0 bridgehead atoms. The molecule has 0 radical (unpaired) electrons. The van der Waals surface area contributed by atoms with Gasteiger partial charge < -0.3 is 14.3 Å². The van der Waals surface area contributed by atoms with E-state index in [4.69, 9.17) is 4.74 Å². The van der Waals surface area contributed by atoms with E-state index < -0.39 is 6.10 Å². The van der Waals surface area contributed by atoms with Crippen molar-refractivity contribution in [3.05, 3.63) is 64.7 Å². The molecule has 2 aromatic carbocycles. The van der Waals surface area contributed by atoms with E-state index in [2.05, 4.69) is 90.9 Å². The third-order valence-corrected chi connectivity index (χ3v) is 6.84. The van der Waals surface area contributed by atoms with Crippen LogP contribution in [-0.4, -0.2) is 41.9 Å². The minimum Gasteiger partial charge on any atom is -0.490 e. The van der Waals surface area contributed by atoms with Gasteiger partial charge >= 0.3 is 0 Å². The Morgan fingerprint density at radius 1 is 0.906 bits per heavy atom. The second-order valence-electron chi connectivity index (χ2n) is 12.0. The molecule has 1 saturated heterocycles. The summed E-state index contributed by atoms with van der Waals surface area (Å²) >= 11 is 0. The molecule has 0 amide bonds. The maximum absolute atomic E-state index is 11.0. The Bertz CT molecular complexity index is 881. The Labute approximate surface area is 196 Å². The Hall–Kier alpha value is -1.84. The summed E-state index contributed by atoms with van der Waals surface area (Å²) in [6, 6.07) is 15.4. The topological polar surface area (TPSA) is 29.5 Å². The molecule has 1 atom stereocenters. The van der Waals surface area contributed by atoms with Crippen LogP contribution in [0.4, 0.5) is 0 Å². The van der Waals surface area contributed by atoms with Crippen molar-refractivity contribution in [1.82, 2.24) is 0 Å². The molecule has 0 unspecified atom stereocenters. The lowest BCUT2D eigenvalue weighted by Crippen LogP contribution is -2.50. The van der Waals surface area contributed by atoms with Crippen molar-refractivity contribution >= 4 is 0 Å². The summed E-state index contributed by atoms with van der Waals surface area (Å²) in [5, 5.41) is 11.0. The van der Waals surface area contributed by atoms with E-state index >= 15 is 0 Å². The van der Waals surface area contributed by atoms with Crippen LogP contribution in [0.15, 0.2) is 42.5 Å².